The number of aromatic nitrogens is 1. The molecule has 1 aromatic carbocycles. The maximum absolute atomic E-state index is 12.6. The van der Waals surface area contributed by atoms with Crippen LogP contribution in [-0.4, -0.2) is 28.4 Å². The van der Waals surface area contributed by atoms with Crippen LogP contribution in [0.5, 0.6) is 0 Å². The molecule has 0 saturated carbocycles. The Morgan fingerprint density at radius 3 is 1.82 bits per heavy atom. The number of carbonyl (C=O) groups excluding carboxylic acids is 2. The molecule has 28 heavy (non-hydrogen) atoms. The molecule has 0 aliphatic heterocycles. The summed E-state index contributed by atoms with van der Waals surface area (Å²) in [5, 5.41) is 1.03. The lowest BCUT2D eigenvalue weighted by atomic mass is 10.1. The molecule has 0 radical (unpaired) electrons. The number of aromatic amines is 1. The Hall–Kier alpha value is -2.15. The normalized spacial score (nSPS) is 11.0. The molecule has 0 atom stereocenters. The van der Waals surface area contributed by atoms with Gasteiger partial charge < -0.3 is 14.5 Å². The molecular formula is C21H34N2O4S. The van der Waals surface area contributed by atoms with Gasteiger partial charge in [0.1, 0.15) is 11.2 Å². The van der Waals surface area contributed by atoms with Gasteiger partial charge in [0, 0.05) is 17.1 Å². The average Bonchev–Trinajstić information content (AvgIpc) is 2.87. The van der Waals surface area contributed by atoms with E-state index in [0.717, 1.165) is 21.4 Å². The summed E-state index contributed by atoms with van der Waals surface area (Å²) in [5.41, 5.74) is 0.835. The van der Waals surface area contributed by atoms with Crippen LogP contribution in [0.1, 0.15) is 61.0 Å². The molecule has 1 heterocycles. The van der Waals surface area contributed by atoms with Crippen LogP contribution < -0.4 is 4.90 Å². The van der Waals surface area contributed by atoms with Gasteiger partial charge in [0.2, 0.25) is 0 Å². The van der Waals surface area contributed by atoms with Gasteiger partial charge in [-0.05, 0) is 66.2 Å². The van der Waals surface area contributed by atoms with Crippen LogP contribution in [0, 0.1) is 6.92 Å². The molecule has 1 aromatic heterocycles. The van der Waals surface area contributed by atoms with Crippen LogP contribution in [0.25, 0.3) is 10.9 Å². The molecule has 2 amide bonds. The zero-order valence-electron chi connectivity index (χ0n) is 18.4. The van der Waals surface area contributed by atoms with Crippen LogP contribution in [0.3, 0.4) is 0 Å². The van der Waals surface area contributed by atoms with E-state index in [9.17, 15) is 9.59 Å². The van der Waals surface area contributed by atoms with Crippen molar-refractivity contribution < 1.29 is 19.1 Å². The Balaban J connectivity index is 0.00000235. The van der Waals surface area contributed by atoms with Crippen molar-refractivity contribution in [3.8, 4) is 0 Å². The minimum atomic E-state index is -0.774. The highest BCUT2D eigenvalue weighted by atomic mass is 32.1. The Morgan fingerprint density at radius 1 is 0.929 bits per heavy atom. The summed E-state index contributed by atoms with van der Waals surface area (Å²) in [4.78, 5) is 29.3. The van der Waals surface area contributed by atoms with Crippen LogP contribution in [0.4, 0.5) is 15.3 Å². The summed E-state index contributed by atoms with van der Waals surface area (Å²) in [5.74, 6) is 0. The van der Waals surface area contributed by atoms with E-state index in [1.807, 2.05) is 33.0 Å². The van der Waals surface area contributed by atoms with Gasteiger partial charge in [0.15, 0.2) is 0 Å². The third-order valence-electron chi connectivity index (χ3n) is 3.28. The van der Waals surface area contributed by atoms with E-state index in [0.29, 0.717) is 5.69 Å². The van der Waals surface area contributed by atoms with Gasteiger partial charge in [-0.2, -0.15) is 18.4 Å². The van der Waals surface area contributed by atoms with Crippen molar-refractivity contribution in [2.45, 2.75) is 73.5 Å². The van der Waals surface area contributed by atoms with Crippen molar-refractivity contribution in [1.29, 1.82) is 0 Å². The van der Waals surface area contributed by atoms with Gasteiger partial charge in [-0.3, -0.25) is 0 Å². The Kier molecular flexibility index (Phi) is 9.11. The van der Waals surface area contributed by atoms with Crippen molar-refractivity contribution in [1.82, 2.24) is 4.98 Å². The fraction of sp³-hybridized carbons (Fsp3) is 0.524. The van der Waals surface area contributed by atoms with Gasteiger partial charge >= 0.3 is 12.2 Å². The predicted molar refractivity (Wildman–Crippen MR) is 120 cm³/mol. The molecular weight excluding hydrogens is 376 g/mol. The summed E-state index contributed by atoms with van der Waals surface area (Å²) in [6.07, 6.45) is 0.327. The summed E-state index contributed by atoms with van der Waals surface area (Å²) in [6.45, 7) is 16.5. The maximum Gasteiger partial charge on any atom is 0.424 e. The van der Waals surface area contributed by atoms with Crippen LogP contribution in [-0.2, 0) is 9.47 Å². The third-order valence-corrected chi connectivity index (χ3v) is 3.28. The second-order valence-corrected chi connectivity index (χ2v) is 8.00. The molecule has 0 aliphatic rings. The number of hydrogen-bond donors (Lipinski definition) is 1. The number of nitrogens with zero attached hydrogens (tertiary/aromatic N) is 1. The SMILES string of the molecule is CC.Cc1c[nH]c2cc(N(C(=O)OC(C)(C)C)C(=O)OC(C)(C)C)ccc12.S. The lowest BCUT2D eigenvalue weighted by molar-refractivity contribution is 0.0431. The molecule has 0 aliphatic carbocycles. The largest absolute Gasteiger partial charge is 0.443 e. The summed E-state index contributed by atoms with van der Waals surface area (Å²) in [7, 11) is 0. The van der Waals surface area contributed by atoms with Crippen molar-refractivity contribution in [3.05, 3.63) is 30.0 Å². The van der Waals surface area contributed by atoms with Crippen molar-refractivity contribution in [3.63, 3.8) is 0 Å². The number of anilines is 1. The molecule has 1 N–H and O–H groups in total. The van der Waals surface area contributed by atoms with E-state index in [1.165, 1.54) is 0 Å². The first kappa shape index (κ1) is 25.9. The Labute approximate surface area is 175 Å². The minimum Gasteiger partial charge on any atom is -0.443 e. The van der Waals surface area contributed by atoms with Crippen LogP contribution in [0.15, 0.2) is 24.4 Å². The second-order valence-electron chi connectivity index (χ2n) is 8.00. The minimum absolute atomic E-state index is 0. The lowest BCUT2D eigenvalue weighted by Crippen LogP contribution is -2.43. The number of imide groups is 1. The molecule has 0 fully saturated rings. The highest BCUT2D eigenvalue weighted by Gasteiger charge is 2.32. The van der Waals surface area contributed by atoms with Gasteiger partial charge in [-0.25, -0.2) is 9.59 Å². The molecule has 2 aromatic rings. The number of aryl methyl sites for hydroxylation is 1. The van der Waals surface area contributed by atoms with E-state index in [4.69, 9.17) is 9.47 Å². The molecule has 2 rings (SSSR count). The standard InChI is InChI=1S/C19H26N2O4.C2H6.H2S/c1-12-11-20-15-10-13(8-9-14(12)15)21(16(22)24-18(2,3)4)17(23)25-19(5,6)7;1-2;/h8-11,20H,1-7H3;1-2H3;1H2. The van der Waals surface area contributed by atoms with E-state index < -0.39 is 23.4 Å². The first-order chi connectivity index (χ1) is 12.4. The second kappa shape index (κ2) is 9.87. The number of fused-ring (bicyclic) bond motifs is 1. The number of nitrogens with one attached hydrogen (secondary N) is 1. The van der Waals surface area contributed by atoms with E-state index in [-0.39, 0.29) is 13.5 Å². The first-order valence-electron chi connectivity index (χ1n) is 9.21. The first-order valence-corrected chi connectivity index (χ1v) is 9.21. The smallest absolute Gasteiger partial charge is 0.424 e. The molecule has 7 heteroatoms. The molecule has 158 valence electrons. The molecule has 0 spiro atoms. The van der Waals surface area contributed by atoms with Crippen LogP contribution >= 0.6 is 13.5 Å². The van der Waals surface area contributed by atoms with E-state index in [2.05, 4.69) is 4.98 Å². The van der Waals surface area contributed by atoms with E-state index in [1.54, 1.807) is 53.7 Å². The number of H-pyrrole nitrogens is 1. The predicted octanol–water partition coefficient (Wildman–Crippen LogP) is 6.29. The van der Waals surface area contributed by atoms with Crippen LogP contribution in [0.2, 0.25) is 0 Å². The number of benzene rings is 1. The Bertz CT molecular complexity index is 773. The van der Waals surface area contributed by atoms with Crippen molar-refractivity contribution >= 4 is 42.3 Å². The molecule has 0 saturated heterocycles. The molecule has 0 bridgehead atoms. The number of rotatable bonds is 1. The summed E-state index contributed by atoms with van der Waals surface area (Å²) < 4.78 is 10.8. The van der Waals surface area contributed by atoms with Crippen molar-refractivity contribution in [2.75, 3.05) is 4.90 Å². The highest BCUT2D eigenvalue weighted by Crippen LogP contribution is 2.26. The maximum atomic E-state index is 12.6. The number of amides is 2. The van der Waals surface area contributed by atoms with Gasteiger partial charge in [-0.15, -0.1) is 0 Å². The summed E-state index contributed by atoms with van der Waals surface area (Å²) in [6, 6.07) is 5.30. The summed E-state index contributed by atoms with van der Waals surface area (Å²) >= 11 is 0. The molecule has 0 unspecified atom stereocenters. The number of ether oxygens (including phenoxy) is 2. The monoisotopic (exact) mass is 410 g/mol. The zero-order valence-corrected chi connectivity index (χ0v) is 19.4. The van der Waals surface area contributed by atoms with Gasteiger partial charge in [0.05, 0.1) is 5.69 Å². The molecule has 6 nitrogen and oxygen atoms in total. The lowest BCUT2D eigenvalue weighted by Gasteiger charge is -2.28. The fourth-order valence-corrected chi connectivity index (χ4v) is 2.30. The highest BCUT2D eigenvalue weighted by molar-refractivity contribution is 7.59. The van der Waals surface area contributed by atoms with Gasteiger partial charge in [0.25, 0.3) is 0 Å². The average molecular weight is 411 g/mol. The fourth-order valence-electron chi connectivity index (χ4n) is 2.30. The third kappa shape index (κ3) is 7.11. The topological polar surface area (TPSA) is 71.6 Å². The van der Waals surface area contributed by atoms with E-state index >= 15 is 0 Å². The number of carbonyl (C=O) groups is 2. The van der Waals surface area contributed by atoms with Gasteiger partial charge in [-0.1, -0.05) is 19.9 Å². The van der Waals surface area contributed by atoms with Crippen molar-refractivity contribution in [2.24, 2.45) is 0 Å². The quantitative estimate of drug-likeness (QED) is 0.599. The number of hydrogen-bond acceptors (Lipinski definition) is 4. The zero-order chi connectivity index (χ0) is 21.0. The Morgan fingerprint density at radius 2 is 1.39 bits per heavy atom.